The second kappa shape index (κ2) is 10.4. The van der Waals surface area contributed by atoms with Crippen LogP contribution in [0.3, 0.4) is 0 Å². The lowest BCUT2D eigenvalue weighted by Gasteiger charge is -2.37. The lowest BCUT2D eigenvalue weighted by atomic mass is 9.92. The zero-order valence-electron chi connectivity index (χ0n) is 17.9. The second-order valence-electron chi connectivity index (χ2n) is 8.70. The minimum atomic E-state index is -0.350. The average Bonchev–Trinajstić information content (AvgIpc) is 2.73. The molecular weight excluding hydrogens is 446 g/mol. The van der Waals surface area contributed by atoms with E-state index in [1.54, 1.807) is 0 Å². The Kier molecular flexibility index (Phi) is 7.92. The molecule has 2 heterocycles. The molecule has 0 radical (unpaired) electrons. The van der Waals surface area contributed by atoms with Crippen LogP contribution in [0, 0.1) is 11.8 Å². The molecule has 1 aromatic rings. The maximum Gasteiger partial charge on any atom is 0.225 e. The van der Waals surface area contributed by atoms with Crippen LogP contribution in [0.4, 0.5) is 0 Å². The fraction of sp³-hybridized carbons (Fsp3) is 0.609. The number of carbonyl (C=O) groups excluding carboxylic acids is 3. The molecule has 164 valence electrons. The van der Waals surface area contributed by atoms with Crippen LogP contribution < -0.4 is 5.32 Å². The Balaban J connectivity index is 1.55. The van der Waals surface area contributed by atoms with Gasteiger partial charge in [0.1, 0.15) is 0 Å². The van der Waals surface area contributed by atoms with Crippen molar-refractivity contribution in [2.75, 3.05) is 26.2 Å². The van der Waals surface area contributed by atoms with Gasteiger partial charge < -0.3 is 15.1 Å². The van der Waals surface area contributed by atoms with E-state index in [0.29, 0.717) is 19.0 Å². The maximum atomic E-state index is 12.9. The summed E-state index contributed by atoms with van der Waals surface area (Å²) in [6.07, 6.45) is 3.95. The molecule has 1 N–H and O–H groups in total. The van der Waals surface area contributed by atoms with Crippen LogP contribution in [0.25, 0.3) is 0 Å². The molecule has 30 heavy (non-hydrogen) atoms. The minimum absolute atomic E-state index is 0.0224. The fourth-order valence-electron chi connectivity index (χ4n) is 4.52. The summed E-state index contributed by atoms with van der Waals surface area (Å²) >= 11 is 3.41. The summed E-state index contributed by atoms with van der Waals surface area (Å²) in [4.78, 5) is 41.3. The predicted molar refractivity (Wildman–Crippen MR) is 120 cm³/mol. The monoisotopic (exact) mass is 477 g/mol. The van der Waals surface area contributed by atoms with E-state index in [1.807, 2.05) is 34.1 Å². The third-order valence-corrected chi connectivity index (χ3v) is 6.72. The number of benzene rings is 1. The Morgan fingerprint density at radius 1 is 1.07 bits per heavy atom. The number of halogens is 1. The van der Waals surface area contributed by atoms with Crippen molar-refractivity contribution in [3.8, 4) is 0 Å². The molecule has 2 unspecified atom stereocenters. The van der Waals surface area contributed by atoms with E-state index in [4.69, 9.17) is 0 Å². The Morgan fingerprint density at radius 2 is 1.73 bits per heavy atom. The van der Waals surface area contributed by atoms with Crippen LogP contribution in [0.1, 0.15) is 57.6 Å². The van der Waals surface area contributed by atoms with E-state index in [9.17, 15) is 14.4 Å². The summed E-state index contributed by atoms with van der Waals surface area (Å²) < 4.78 is 0.953. The smallest absolute Gasteiger partial charge is 0.225 e. The van der Waals surface area contributed by atoms with Gasteiger partial charge in [-0.2, -0.15) is 0 Å². The van der Waals surface area contributed by atoms with Gasteiger partial charge in [-0.3, -0.25) is 14.4 Å². The molecule has 2 aliphatic rings. The molecule has 1 aromatic carbocycles. The number of nitrogens with one attached hydrogen (secondary N) is 1. The third kappa shape index (κ3) is 6.06. The first-order valence-corrected chi connectivity index (χ1v) is 11.7. The van der Waals surface area contributed by atoms with Crippen LogP contribution >= 0.6 is 15.9 Å². The van der Waals surface area contributed by atoms with Gasteiger partial charge in [-0.25, -0.2) is 0 Å². The van der Waals surface area contributed by atoms with E-state index in [0.717, 1.165) is 42.4 Å². The zero-order valence-corrected chi connectivity index (χ0v) is 19.5. The number of amides is 3. The zero-order chi connectivity index (χ0) is 21.7. The first-order chi connectivity index (χ1) is 14.3. The van der Waals surface area contributed by atoms with Crippen LogP contribution in [-0.2, 0) is 14.4 Å². The standard InChI is InChI=1S/C23H32BrN3O3/c1-16-4-3-11-27(15-16)23(30)19-9-12-26(13-10-19)22(29)14-21(25-17(2)28)18-5-7-20(24)8-6-18/h5-8,16,19,21H,3-4,9-15H2,1-2H3,(H,25,28). The molecule has 6 nitrogen and oxygen atoms in total. The molecule has 0 spiro atoms. The van der Waals surface area contributed by atoms with Gasteiger partial charge >= 0.3 is 0 Å². The highest BCUT2D eigenvalue weighted by molar-refractivity contribution is 9.10. The van der Waals surface area contributed by atoms with Crippen molar-refractivity contribution in [3.05, 3.63) is 34.3 Å². The largest absolute Gasteiger partial charge is 0.349 e. The quantitative estimate of drug-likeness (QED) is 0.704. The number of piperidine rings is 2. The molecule has 0 aliphatic carbocycles. The molecule has 3 amide bonds. The van der Waals surface area contributed by atoms with E-state index in [2.05, 4.69) is 28.2 Å². The highest BCUT2D eigenvalue weighted by Gasteiger charge is 2.32. The van der Waals surface area contributed by atoms with Crippen molar-refractivity contribution in [2.45, 2.75) is 52.0 Å². The first kappa shape index (κ1) is 22.8. The average molecular weight is 478 g/mol. The number of likely N-dealkylation sites (tertiary alicyclic amines) is 2. The Hall–Kier alpha value is -1.89. The summed E-state index contributed by atoms with van der Waals surface area (Å²) in [7, 11) is 0. The van der Waals surface area contributed by atoms with E-state index >= 15 is 0 Å². The predicted octanol–water partition coefficient (Wildman–Crippen LogP) is 3.51. The maximum absolute atomic E-state index is 12.9. The van der Waals surface area contributed by atoms with Crippen molar-refractivity contribution in [1.82, 2.24) is 15.1 Å². The van der Waals surface area contributed by atoms with Gasteiger partial charge in [0.25, 0.3) is 0 Å². The summed E-state index contributed by atoms with van der Waals surface area (Å²) in [5, 5.41) is 2.90. The molecule has 2 fully saturated rings. The highest BCUT2D eigenvalue weighted by atomic mass is 79.9. The number of hydrogen-bond acceptors (Lipinski definition) is 3. The molecule has 2 saturated heterocycles. The van der Waals surface area contributed by atoms with Gasteiger partial charge in [-0.05, 0) is 49.3 Å². The lowest BCUT2D eigenvalue weighted by Crippen LogP contribution is -2.47. The van der Waals surface area contributed by atoms with Gasteiger partial charge in [-0.1, -0.05) is 35.0 Å². The topological polar surface area (TPSA) is 69.7 Å². The van der Waals surface area contributed by atoms with Gasteiger partial charge in [-0.15, -0.1) is 0 Å². The first-order valence-electron chi connectivity index (χ1n) is 10.9. The van der Waals surface area contributed by atoms with Crippen LogP contribution in [0.2, 0.25) is 0 Å². The lowest BCUT2D eigenvalue weighted by molar-refractivity contribution is -0.142. The summed E-state index contributed by atoms with van der Waals surface area (Å²) in [5.41, 5.74) is 0.908. The SMILES string of the molecule is CC(=O)NC(CC(=O)N1CCC(C(=O)N2CCCC(C)C2)CC1)c1ccc(Br)cc1. The number of carbonyl (C=O) groups is 3. The summed E-state index contributed by atoms with van der Waals surface area (Å²) in [5.74, 6) is 0.732. The fourth-order valence-corrected chi connectivity index (χ4v) is 4.78. The molecule has 0 aromatic heterocycles. The molecule has 3 rings (SSSR count). The van der Waals surface area contributed by atoms with Crippen molar-refractivity contribution in [1.29, 1.82) is 0 Å². The molecule has 0 bridgehead atoms. The Bertz CT molecular complexity index is 759. The van der Waals surface area contributed by atoms with Gasteiger partial charge in [0, 0.05) is 43.5 Å². The van der Waals surface area contributed by atoms with Crippen molar-refractivity contribution in [3.63, 3.8) is 0 Å². The second-order valence-corrected chi connectivity index (χ2v) is 9.61. The van der Waals surface area contributed by atoms with E-state index in [1.165, 1.54) is 13.3 Å². The molecule has 0 saturated carbocycles. The Morgan fingerprint density at radius 3 is 2.33 bits per heavy atom. The molecule has 2 atom stereocenters. The van der Waals surface area contributed by atoms with Crippen molar-refractivity contribution >= 4 is 33.7 Å². The Labute approximate surface area is 187 Å². The van der Waals surface area contributed by atoms with Crippen molar-refractivity contribution in [2.24, 2.45) is 11.8 Å². The van der Waals surface area contributed by atoms with Crippen LogP contribution in [0.5, 0.6) is 0 Å². The number of hydrogen-bond donors (Lipinski definition) is 1. The minimum Gasteiger partial charge on any atom is -0.349 e. The van der Waals surface area contributed by atoms with Gasteiger partial charge in [0.05, 0.1) is 12.5 Å². The van der Waals surface area contributed by atoms with Gasteiger partial charge in [0.2, 0.25) is 17.7 Å². The third-order valence-electron chi connectivity index (χ3n) is 6.19. The van der Waals surface area contributed by atoms with Crippen LogP contribution in [-0.4, -0.2) is 53.7 Å². The van der Waals surface area contributed by atoms with Crippen LogP contribution in [0.15, 0.2) is 28.7 Å². The number of rotatable bonds is 5. The summed E-state index contributed by atoms with van der Waals surface area (Å²) in [6, 6.07) is 7.31. The molecule has 2 aliphatic heterocycles. The van der Waals surface area contributed by atoms with Crippen molar-refractivity contribution < 1.29 is 14.4 Å². The molecule has 7 heteroatoms. The highest BCUT2D eigenvalue weighted by Crippen LogP contribution is 2.26. The number of nitrogens with zero attached hydrogens (tertiary/aromatic N) is 2. The normalized spacial score (nSPS) is 21.2. The van der Waals surface area contributed by atoms with Gasteiger partial charge in [0.15, 0.2) is 0 Å². The van der Waals surface area contributed by atoms with E-state index in [-0.39, 0.29) is 36.1 Å². The summed E-state index contributed by atoms with van der Waals surface area (Å²) in [6.45, 7) is 6.61. The van der Waals surface area contributed by atoms with E-state index < -0.39 is 0 Å². The molecular formula is C23H32BrN3O3.